The first-order valence-electron chi connectivity index (χ1n) is 9.59. The van der Waals surface area contributed by atoms with Gasteiger partial charge in [-0.25, -0.2) is 9.18 Å². The summed E-state index contributed by atoms with van der Waals surface area (Å²) in [5, 5.41) is 22.8. The third-order valence-corrected chi connectivity index (χ3v) is 5.35. The summed E-state index contributed by atoms with van der Waals surface area (Å²) >= 11 is 1.17. The van der Waals surface area contributed by atoms with E-state index in [0.29, 0.717) is 23.2 Å². The molecular weight excluding hydrogens is 437 g/mol. The Morgan fingerprint density at radius 3 is 2.47 bits per heavy atom. The van der Waals surface area contributed by atoms with Crippen LogP contribution in [0.25, 0.3) is 0 Å². The number of carbonyl (C=O) groups is 3. The minimum atomic E-state index is -1.04. The van der Waals surface area contributed by atoms with Gasteiger partial charge in [-0.15, -0.1) is 10.2 Å². The van der Waals surface area contributed by atoms with E-state index in [1.54, 1.807) is 10.6 Å². The van der Waals surface area contributed by atoms with Crippen LogP contribution < -0.4 is 10.6 Å². The van der Waals surface area contributed by atoms with Gasteiger partial charge in [-0.05, 0) is 43.3 Å². The summed E-state index contributed by atoms with van der Waals surface area (Å²) < 4.78 is 15.5. The van der Waals surface area contributed by atoms with Gasteiger partial charge in [0.25, 0.3) is 5.91 Å². The fourth-order valence-corrected chi connectivity index (χ4v) is 3.62. The molecule has 0 radical (unpaired) electrons. The lowest BCUT2D eigenvalue weighted by Gasteiger charge is -2.09. The molecule has 0 bridgehead atoms. The van der Waals surface area contributed by atoms with Crippen LogP contribution in [-0.2, 0) is 17.9 Å². The average Bonchev–Trinajstić information content (AvgIpc) is 3.18. The van der Waals surface area contributed by atoms with Crippen molar-refractivity contribution in [1.29, 1.82) is 0 Å². The van der Waals surface area contributed by atoms with Gasteiger partial charge in [0.2, 0.25) is 5.91 Å². The molecule has 0 aliphatic carbocycles. The van der Waals surface area contributed by atoms with E-state index in [-0.39, 0.29) is 29.3 Å². The largest absolute Gasteiger partial charge is 0.478 e. The molecule has 32 heavy (non-hydrogen) atoms. The lowest BCUT2D eigenvalue weighted by molar-refractivity contribution is -0.113. The number of benzene rings is 2. The van der Waals surface area contributed by atoms with Crippen molar-refractivity contribution in [2.24, 2.45) is 0 Å². The number of carbonyl (C=O) groups excluding carboxylic acids is 2. The predicted molar refractivity (Wildman–Crippen MR) is 116 cm³/mol. The summed E-state index contributed by atoms with van der Waals surface area (Å²) in [6, 6.07) is 11.5. The van der Waals surface area contributed by atoms with Gasteiger partial charge in [0, 0.05) is 12.2 Å². The number of anilines is 1. The van der Waals surface area contributed by atoms with Crippen LogP contribution in [0.1, 0.15) is 33.5 Å². The van der Waals surface area contributed by atoms with Crippen LogP contribution in [-0.4, -0.2) is 43.4 Å². The van der Waals surface area contributed by atoms with E-state index in [1.165, 1.54) is 54.2 Å². The Hall–Kier alpha value is -3.73. The molecular formula is C21H20FN5O4S. The summed E-state index contributed by atoms with van der Waals surface area (Å²) in [6.45, 7) is 2.44. The Balaban J connectivity index is 1.56. The summed E-state index contributed by atoms with van der Waals surface area (Å²) in [6.07, 6.45) is 0. The average molecular weight is 457 g/mol. The van der Waals surface area contributed by atoms with Crippen molar-refractivity contribution >= 4 is 35.2 Å². The Kier molecular flexibility index (Phi) is 7.55. The maximum atomic E-state index is 13.7. The normalized spacial score (nSPS) is 10.6. The molecule has 3 aromatic rings. The van der Waals surface area contributed by atoms with E-state index in [1.807, 2.05) is 6.92 Å². The van der Waals surface area contributed by atoms with Crippen LogP contribution >= 0.6 is 11.8 Å². The number of carboxylic acid groups (broad SMARTS) is 1. The Labute approximate surface area is 187 Å². The summed E-state index contributed by atoms with van der Waals surface area (Å²) in [5.74, 6) is -1.97. The maximum Gasteiger partial charge on any atom is 0.335 e. The fourth-order valence-electron chi connectivity index (χ4n) is 2.80. The minimum Gasteiger partial charge on any atom is -0.478 e. The Morgan fingerprint density at radius 2 is 1.81 bits per heavy atom. The first-order valence-corrected chi connectivity index (χ1v) is 10.6. The minimum absolute atomic E-state index is 0.0523. The van der Waals surface area contributed by atoms with Gasteiger partial charge in [-0.1, -0.05) is 23.9 Å². The van der Waals surface area contributed by atoms with Crippen molar-refractivity contribution < 1.29 is 23.9 Å². The van der Waals surface area contributed by atoms with Gasteiger partial charge in [-0.2, -0.15) is 0 Å². The van der Waals surface area contributed by atoms with Crippen molar-refractivity contribution in [1.82, 2.24) is 20.1 Å². The first kappa shape index (κ1) is 22.9. The van der Waals surface area contributed by atoms with Crippen LogP contribution in [0.4, 0.5) is 10.1 Å². The van der Waals surface area contributed by atoms with Crippen LogP contribution in [0.15, 0.2) is 53.7 Å². The van der Waals surface area contributed by atoms with E-state index >= 15 is 0 Å². The first-order chi connectivity index (χ1) is 15.4. The van der Waals surface area contributed by atoms with E-state index in [9.17, 15) is 18.8 Å². The second-order valence-electron chi connectivity index (χ2n) is 6.52. The Bertz CT molecular complexity index is 1130. The van der Waals surface area contributed by atoms with Gasteiger partial charge < -0.3 is 20.3 Å². The number of nitrogens with zero attached hydrogens (tertiary/aromatic N) is 3. The summed E-state index contributed by atoms with van der Waals surface area (Å²) in [5.41, 5.74) is 0.551. The molecule has 1 heterocycles. The van der Waals surface area contributed by atoms with Crippen LogP contribution in [0.2, 0.25) is 0 Å². The molecule has 0 aliphatic rings. The number of amides is 2. The molecule has 0 aliphatic heterocycles. The summed E-state index contributed by atoms with van der Waals surface area (Å²) in [7, 11) is 0. The molecule has 3 rings (SSSR count). The van der Waals surface area contributed by atoms with Crippen LogP contribution in [0, 0.1) is 5.82 Å². The second kappa shape index (κ2) is 10.5. The summed E-state index contributed by atoms with van der Waals surface area (Å²) in [4.78, 5) is 35.3. The molecule has 11 heteroatoms. The van der Waals surface area contributed by atoms with Gasteiger partial charge in [0.15, 0.2) is 11.0 Å². The zero-order chi connectivity index (χ0) is 23.1. The standard InChI is InChI=1S/C21H20FN5O4S/c1-2-27-17(11-23-19(29)15-5-3-4-6-16(15)22)25-26-21(27)32-12-18(28)24-14-9-7-13(8-10-14)20(30)31/h3-10H,2,11-12H2,1H3,(H,23,29)(H,24,28)(H,30,31). The van der Waals surface area contributed by atoms with Crippen molar-refractivity contribution in [3.63, 3.8) is 0 Å². The van der Waals surface area contributed by atoms with E-state index in [2.05, 4.69) is 20.8 Å². The molecule has 0 unspecified atom stereocenters. The number of rotatable bonds is 9. The van der Waals surface area contributed by atoms with Crippen molar-refractivity contribution in [3.8, 4) is 0 Å². The molecule has 2 aromatic carbocycles. The number of carboxylic acids is 1. The molecule has 1 aromatic heterocycles. The molecule has 2 amide bonds. The zero-order valence-electron chi connectivity index (χ0n) is 17.0. The Morgan fingerprint density at radius 1 is 1.09 bits per heavy atom. The third kappa shape index (κ3) is 5.70. The fraction of sp³-hybridized carbons (Fsp3) is 0.190. The smallest absolute Gasteiger partial charge is 0.335 e. The molecule has 0 saturated carbocycles. The monoisotopic (exact) mass is 457 g/mol. The quantitative estimate of drug-likeness (QED) is 0.422. The molecule has 0 fully saturated rings. The topological polar surface area (TPSA) is 126 Å². The molecule has 0 spiro atoms. The maximum absolute atomic E-state index is 13.7. The van der Waals surface area contributed by atoms with Crippen LogP contribution in [0.3, 0.4) is 0 Å². The second-order valence-corrected chi connectivity index (χ2v) is 7.47. The molecule has 9 nitrogen and oxygen atoms in total. The van der Waals surface area contributed by atoms with Gasteiger partial charge in [0.1, 0.15) is 5.82 Å². The van der Waals surface area contributed by atoms with Crippen LogP contribution in [0.5, 0.6) is 0 Å². The van der Waals surface area contributed by atoms with E-state index in [4.69, 9.17) is 5.11 Å². The number of thioether (sulfide) groups is 1. The highest BCUT2D eigenvalue weighted by atomic mass is 32.2. The molecule has 0 saturated heterocycles. The van der Waals surface area contributed by atoms with E-state index < -0.39 is 17.7 Å². The molecule has 3 N–H and O–H groups in total. The highest BCUT2D eigenvalue weighted by Gasteiger charge is 2.16. The third-order valence-electron chi connectivity index (χ3n) is 4.38. The SMILES string of the molecule is CCn1c(CNC(=O)c2ccccc2F)nnc1SCC(=O)Nc1ccc(C(=O)O)cc1. The molecule has 0 atom stereocenters. The van der Waals surface area contributed by atoms with Gasteiger partial charge in [-0.3, -0.25) is 9.59 Å². The highest BCUT2D eigenvalue weighted by molar-refractivity contribution is 7.99. The number of nitrogens with one attached hydrogen (secondary N) is 2. The van der Waals surface area contributed by atoms with Gasteiger partial charge in [0.05, 0.1) is 23.4 Å². The van der Waals surface area contributed by atoms with Crippen molar-refractivity contribution in [2.75, 3.05) is 11.1 Å². The lowest BCUT2D eigenvalue weighted by atomic mass is 10.2. The molecule has 166 valence electrons. The number of halogens is 1. The number of aromatic carboxylic acids is 1. The zero-order valence-corrected chi connectivity index (χ0v) is 17.9. The number of aromatic nitrogens is 3. The predicted octanol–water partition coefficient (Wildman–Crippen LogP) is 2.80. The van der Waals surface area contributed by atoms with E-state index in [0.717, 1.165) is 0 Å². The lowest BCUT2D eigenvalue weighted by Crippen LogP contribution is -2.25. The number of hydrogen-bond acceptors (Lipinski definition) is 6. The number of hydrogen-bond donors (Lipinski definition) is 3. The van der Waals surface area contributed by atoms with Crippen molar-refractivity contribution in [2.45, 2.75) is 25.2 Å². The van der Waals surface area contributed by atoms with Gasteiger partial charge >= 0.3 is 5.97 Å². The van der Waals surface area contributed by atoms with Crippen molar-refractivity contribution in [3.05, 3.63) is 71.3 Å². The highest BCUT2D eigenvalue weighted by Crippen LogP contribution is 2.18.